The minimum atomic E-state index is -1.43. The highest BCUT2D eigenvalue weighted by Gasteiger charge is 2.49. The second-order valence-corrected chi connectivity index (χ2v) is 57.6. The number of nitrogens with one attached hydrogen (secondary N) is 5. The number of H-pyrrole nitrogens is 5. The summed E-state index contributed by atoms with van der Waals surface area (Å²) in [6, 6.07) is 0. The fourth-order valence-electron chi connectivity index (χ4n) is 13.5. The lowest BCUT2D eigenvalue weighted by Gasteiger charge is -2.19. The van der Waals surface area contributed by atoms with Crippen molar-refractivity contribution in [1.29, 1.82) is 0 Å². The lowest BCUT2D eigenvalue weighted by molar-refractivity contribution is -0.139. The van der Waals surface area contributed by atoms with Gasteiger partial charge in [0, 0.05) is 43.5 Å². The Balaban J connectivity index is 0.000000247. The summed E-state index contributed by atoms with van der Waals surface area (Å²) in [4.78, 5) is 176. The van der Waals surface area contributed by atoms with Gasteiger partial charge in [-0.1, -0.05) is 19.1 Å². The minimum absolute atomic E-state index is 0.0679. The van der Waals surface area contributed by atoms with Crippen LogP contribution in [0.4, 0.5) is 0 Å². The van der Waals surface area contributed by atoms with Gasteiger partial charge in [0.05, 0.1) is 53.6 Å². The van der Waals surface area contributed by atoms with Gasteiger partial charge in [0.15, 0.2) is 54.1 Å². The van der Waals surface area contributed by atoms with E-state index in [0.29, 0.717) is 49.4 Å². The Morgan fingerprint density at radius 3 is 0.969 bits per heavy atom. The molecule has 5 aliphatic rings. The summed E-state index contributed by atoms with van der Waals surface area (Å²) in [5.41, 5.74) is -6.53. The Kier molecular flexibility index (Phi) is 39.3. The minimum Gasteiger partial charge on any atom is -0.457 e. The monoisotopic (exact) mass is 1920 g/mol. The number of nitrogens with zero attached hydrogens (tertiary/aromatic N) is 5. The Morgan fingerprint density at radius 1 is 0.406 bits per heavy atom. The average molecular weight is 1920 g/mol. The molecule has 128 heavy (non-hydrogen) atoms. The SMILES string of the molecule is C=P(C)(C)CC[C@H]1O[C@@H](n2cc(/C=C/C(C)=O)c(=O)[nH]c2=O)[C@H](O)[C@@H]1O.C=P(C)(C)CC[C@H]1O[C@@H](n2cc(/C=C/CC)c(=O)[nH]c2=O)[C@H](O)[C@@H]1O.C=P(C)(C)CC[C@H]1O[C@@H](n2cc(C(=O)CC(C)=O)c(=O)[nH]c2=O)[C@H](O)[C@@H]1O.C=P(C)(C)CC[C@H]1O[C@@H](n2cc(C(=O)COC(C)=O)c(=O)[nH]c2=O)[C@H](O)[C@@H]1O.C=P(C)(C)CC[C@H]1O[C@@H](n2cc(C)c(=O)[nH]c2=S)[C@H](O)[C@@H]1O. The van der Waals surface area contributed by atoms with Crippen molar-refractivity contribution in [3.05, 3.63) is 169 Å². The number of carbonyl (C=O) groups excluding carboxylic acids is 5. The molecule has 5 aliphatic heterocycles. The molecule has 0 unspecified atom stereocenters. The van der Waals surface area contributed by atoms with Crippen LogP contribution in [0.25, 0.3) is 12.2 Å². The van der Waals surface area contributed by atoms with Crippen LogP contribution in [0.15, 0.2) is 86.3 Å². The first-order chi connectivity index (χ1) is 59.0. The van der Waals surface area contributed by atoms with Gasteiger partial charge in [0.1, 0.15) is 72.4 Å². The van der Waals surface area contributed by atoms with Crippen LogP contribution in [-0.4, -0.2) is 355 Å². The number of aliphatic hydroxyl groups is 10. The van der Waals surface area contributed by atoms with Crippen LogP contribution in [0.1, 0.15) is 141 Å². The summed E-state index contributed by atoms with van der Waals surface area (Å²) >= 11 is 5.12. The molecule has 10 heterocycles. The van der Waals surface area contributed by atoms with Gasteiger partial charge in [-0.2, -0.15) is 0 Å². The molecule has 0 amide bonds. The van der Waals surface area contributed by atoms with E-state index in [1.54, 1.807) is 25.3 Å². The van der Waals surface area contributed by atoms with Gasteiger partial charge in [-0.3, -0.25) is 95.7 Å². The number of aromatic amines is 5. The van der Waals surface area contributed by atoms with Gasteiger partial charge in [0.25, 0.3) is 27.8 Å². The van der Waals surface area contributed by atoms with Crippen LogP contribution >= 0.6 is 46.6 Å². The van der Waals surface area contributed by atoms with E-state index in [-0.39, 0.29) is 27.2 Å². The van der Waals surface area contributed by atoms with E-state index in [1.807, 2.05) is 43.6 Å². The number of esters is 1. The number of ether oxygens (including phenoxy) is 6. The number of aryl methyl sites for hydroxylation is 1. The second kappa shape index (κ2) is 46.1. The average Bonchev–Trinajstić information content (AvgIpc) is 1.80. The van der Waals surface area contributed by atoms with Crippen molar-refractivity contribution in [2.45, 2.75) is 202 Å². The number of Topliss-reactive ketones (excluding diaryl/α,β-unsaturated/α-hetero) is 3. The Labute approximate surface area is 742 Å². The fourth-order valence-corrected chi connectivity index (χ4v) is 18.5. The standard InChI is InChI=1S/C17H25N2O8P.C17H25N2O7P.C17H25N2O6P.C17H27N2O5P.C14H23N2O4PS/c1-9(20)26-8-11(21)10-7-19(17(25)18-15(10)24)16-14(23)13(22)12(27-16)5-6-28(2,3)4;1-9(20)7-11(21)10-8-19(17(25)18-15(10)24)16-14(23)13(22)12(26-16)5-6-27(2,3)4;1-10(20)5-6-11-9-19(17(24)18-15(11)23)16-14(22)13(21)12(25-16)7-8-26(2,3)4;1-5-6-7-11-10-19(17(23)18-15(11)22)16-14(21)13(20)12(24-16)8-9-25(2,3)4;1-8-7-16(14(22)15-12(8)19)13-11(18)10(17)9(20-13)5-6-21(2,3)4/h7,12-14,16,22-23H,2,5-6,8H2,1,3-4H3,(H,18,24,25);8,12-14,16,22-23H,2,5-7H2,1,3-4H3,(H,18,24,25);5-6,9,12-14,16,21-22H,2,7-8H2,1,3-4H3,(H,18,23,24);6-7,10,12-14,16,20-21H,2,5,8-9H2,1,3-4H3,(H,18,22,23);7,9-11,13,17-18H,2,5-6H2,1,3-4H3,(H,15,19,22)/b;;6-5+;7-6+;/t4*12-,13-,14-,16-;9-,10-,11-,13-/m11111/s1. The Bertz CT molecular complexity index is 5790. The van der Waals surface area contributed by atoms with E-state index < -0.39 is 244 Å². The molecule has 40 nitrogen and oxygen atoms in total. The molecule has 5 aromatic rings. The summed E-state index contributed by atoms with van der Waals surface area (Å²) < 4.78 is 38.7. The van der Waals surface area contributed by atoms with Crippen LogP contribution in [0.2, 0.25) is 0 Å². The van der Waals surface area contributed by atoms with E-state index in [9.17, 15) is 118 Å². The van der Waals surface area contributed by atoms with Crippen molar-refractivity contribution in [1.82, 2.24) is 47.8 Å². The first kappa shape index (κ1) is 109. The molecule has 0 aromatic carbocycles. The molecule has 5 fully saturated rings. The topological polar surface area (TPSA) is 600 Å². The number of hydrogen-bond acceptors (Lipinski definition) is 31. The molecule has 20 atom stereocenters. The number of hydrogen-bond donors (Lipinski definition) is 15. The summed E-state index contributed by atoms with van der Waals surface area (Å²) in [5.74, 6) is -2.95. The molecule has 15 N–H and O–H groups in total. The van der Waals surface area contributed by atoms with Gasteiger partial charge >= 0.3 is 28.7 Å². The van der Waals surface area contributed by atoms with Gasteiger partial charge in [-0.25, -0.2) is 19.2 Å². The van der Waals surface area contributed by atoms with E-state index in [1.165, 1.54) is 43.0 Å². The predicted molar refractivity (Wildman–Crippen MR) is 502 cm³/mol. The first-order valence-electron chi connectivity index (χ1n) is 40.8. The zero-order valence-electron chi connectivity index (χ0n) is 74.5. The third kappa shape index (κ3) is 31.3. The number of aliphatic hydroxyl groups excluding tert-OH is 10. The molecule has 714 valence electrons. The zero-order chi connectivity index (χ0) is 96.8. The molecule has 0 aliphatic carbocycles. The highest BCUT2D eigenvalue weighted by atomic mass is 32.1. The van der Waals surface area contributed by atoms with Crippen molar-refractivity contribution >= 4 is 119 Å². The Hall–Kier alpha value is -7.65. The van der Waals surface area contributed by atoms with Crippen LogP contribution in [0.3, 0.4) is 0 Å². The molecule has 5 saturated heterocycles. The number of ketones is 4. The smallest absolute Gasteiger partial charge is 0.330 e. The second-order valence-electron chi connectivity index (χ2n) is 35.6. The van der Waals surface area contributed by atoms with Crippen LogP contribution in [-0.2, 0) is 42.8 Å². The van der Waals surface area contributed by atoms with Crippen molar-refractivity contribution < 1.29 is 103 Å². The van der Waals surface area contributed by atoms with Crippen molar-refractivity contribution in [3.8, 4) is 0 Å². The summed E-state index contributed by atoms with van der Waals surface area (Å²) in [7, 11) is 0. The van der Waals surface area contributed by atoms with Gasteiger partial charge < -0.3 is 79.5 Å². The molecular formula is C82H125N10O30P5S. The lowest BCUT2D eigenvalue weighted by atomic mass is 10.1. The summed E-state index contributed by atoms with van der Waals surface area (Å²) in [5, 5.41) is 103. The first-order valence-corrected chi connectivity index (χ1v) is 56.4. The number of carbonyl (C=O) groups is 5. The third-order valence-electron chi connectivity index (χ3n) is 20.7. The normalized spacial score (nSPS) is 26.5. The number of rotatable bonds is 30. The van der Waals surface area contributed by atoms with E-state index in [2.05, 4.69) is 91.2 Å². The molecule has 0 radical (unpaired) electrons. The summed E-state index contributed by atoms with van der Waals surface area (Å²) in [6.07, 6.45) is 18.3. The molecule has 46 heteroatoms. The van der Waals surface area contributed by atoms with E-state index >= 15 is 0 Å². The van der Waals surface area contributed by atoms with E-state index in [4.69, 9.17) is 35.9 Å². The molecule has 5 aromatic heterocycles. The van der Waals surface area contributed by atoms with Gasteiger partial charge in [-0.05, 0) is 181 Å². The molecule has 0 bridgehead atoms. The van der Waals surface area contributed by atoms with Crippen molar-refractivity contribution in [3.63, 3.8) is 0 Å². The van der Waals surface area contributed by atoms with Gasteiger partial charge in [0.2, 0.25) is 5.78 Å². The van der Waals surface area contributed by atoms with Crippen molar-refractivity contribution in [2.75, 3.05) is 104 Å². The van der Waals surface area contributed by atoms with Crippen LogP contribution in [0.5, 0.6) is 0 Å². The van der Waals surface area contributed by atoms with Crippen molar-refractivity contribution in [2.24, 2.45) is 0 Å². The number of allylic oxidation sites excluding steroid dienone is 2. The maximum atomic E-state index is 12.2. The maximum absolute atomic E-state index is 12.2. The van der Waals surface area contributed by atoms with Crippen LogP contribution < -0.4 is 50.6 Å². The summed E-state index contributed by atoms with van der Waals surface area (Å²) in [6.45, 7) is 20.6. The molecule has 0 spiro atoms. The molecule has 10 rings (SSSR count). The highest BCUT2D eigenvalue weighted by molar-refractivity contribution is 7.73. The van der Waals surface area contributed by atoms with E-state index in [0.717, 1.165) is 68.7 Å². The zero-order valence-corrected chi connectivity index (χ0v) is 79.8. The number of aromatic nitrogens is 10. The Morgan fingerprint density at radius 2 is 0.688 bits per heavy atom. The van der Waals surface area contributed by atoms with Gasteiger partial charge in [-0.15, -0.1) is 65.9 Å². The maximum Gasteiger partial charge on any atom is 0.330 e. The highest BCUT2D eigenvalue weighted by Crippen LogP contribution is 2.44. The van der Waals surface area contributed by atoms with Crippen LogP contribution in [0, 0.1) is 11.7 Å². The third-order valence-corrected chi connectivity index (χ3v) is 28.3. The lowest BCUT2D eigenvalue weighted by Crippen LogP contribution is -2.39. The largest absolute Gasteiger partial charge is 0.457 e. The molecule has 0 saturated carbocycles. The molecular weight excluding hydrogens is 1790 g/mol. The predicted octanol–water partition coefficient (Wildman–Crippen LogP) is -0.114. The quantitative estimate of drug-likeness (QED) is 0.00712. The fraction of sp³-hybridized carbons (Fsp3) is 0.585.